The summed E-state index contributed by atoms with van der Waals surface area (Å²) in [4.78, 5) is 11.5. The van der Waals surface area contributed by atoms with Gasteiger partial charge in [-0.05, 0) is 24.6 Å². The Balaban J connectivity index is 2.03. The maximum atomic E-state index is 11.5. The Hall–Kier alpha value is -1.59. The molecule has 2 N–H and O–H groups in total. The Labute approximate surface area is 120 Å². The minimum absolute atomic E-state index is 0.00574. The summed E-state index contributed by atoms with van der Waals surface area (Å²) < 4.78 is 10.4. The van der Waals surface area contributed by atoms with Crippen molar-refractivity contribution in [3.8, 4) is 5.75 Å². The molecule has 0 atom stereocenters. The lowest BCUT2D eigenvalue weighted by atomic mass is 10.2. The van der Waals surface area contributed by atoms with Crippen LogP contribution in [0.3, 0.4) is 0 Å². The standard InChI is InChI=1S/C15H24N2O3/c1-13-4-3-5-14(12-13)20-10-6-15(18)17-8-7-16-9-11-19-2/h3-5,12,16H,6-11H2,1-2H3,(H,17,18). The number of hydrogen-bond donors (Lipinski definition) is 2. The number of rotatable bonds is 10. The molecule has 0 aromatic heterocycles. The molecule has 20 heavy (non-hydrogen) atoms. The molecule has 0 aliphatic carbocycles. The molecule has 0 unspecified atom stereocenters. The van der Waals surface area contributed by atoms with Crippen LogP contribution in [0, 0.1) is 6.92 Å². The number of methoxy groups -OCH3 is 1. The highest BCUT2D eigenvalue weighted by Crippen LogP contribution is 2.12. The quantitative estimate of drug-likeness (QED) is 0.631. The Morgan fingerprint density at radius 3 is 2.80 bits per heavy atom. The summed E-state index contributed by atoms with van der Waals surface area (Å²) in [6, 6.07) is 7.80. The van der Waals surface area contributed by atoms with Crippen molar-refractivity contribution >= 4 is 5.91 Å². The number of ether oxygens (including phenoxy) is 2. The SMILES string of the molecule is COCCNCCNC(=O)CCOc1cccc(C)c1. The molecule has 0 saturated heterocycles. The van der Waals surface area contributed by atoms with E-state index in [0.29, 0.717) is 26.2 Å². The third-order valence-electron chi connectivity index (χ3n) is 2.69. The van der Waals surface area contributed by atoms with Crippen molar-refractivity contribution in [1.29, 1.82) is 0 Å². The largest absolute Gasteiger partial charge is 0.493 e. The molecule has 1 aromatic carbocycles. The third-order valence-corrected chi connectivity index (χ3v) is 2.69. The van der Waals surface area contributed by atoms with E-state index in [0.717, 1.165) is 24.4 Å². The Bertz CT molecular complexity index is 396. The van der Waals surface area contributed by atoms with E-state index in [1.807, 2.05) is 31.2 Å². The number of nitrogens with one attached hydrogen (secondary N) is 2. The lowest BCUT2D eigenvalue weighted by Crippen LogP contribution is -2.33. The third kappa shape index (κ3) is 7.76. The van der Waals surface area contributed by atoms with Crippen molar-refractivity contribution in [2.45, 2.75) is 13.3 Å². The zero-order chi connectivity index (χ0) is 14.6. The summed E-state index contributed by atoms with van der Waals surface area (Å²) in [6.07, 6.45) is 0.367. The zero-order valence-electron chi connectivity index (χ0n) is 12.3. The highest BCUT2D eigenvalue weighted by atomic mass is 16.5. The van der Waals surface area contributed by atoms with Gasteiger partial charge in [-0.25, -0.2) is 0 Å². The van der Waals surface area contributed by atoms with Crippen LogP contribution in [0.25, 0.3) is 0 Å². The number of aryl methyl sites for hydroxylation is 1. The first kappa shape index (κ1) is 16.5. The summed E-state index contributed by atoms with van der Waals surface area (Å²) in [5, 5.41) is 5.99. The molecule has 112 valence electrons. The van der Waals surface area contributed by atoms with Gasteiger partial charge in [0.15, 0.2) is 0 Å². The Morgan fingerprint density at radius 1 is 1.20 bits per heavy atom. The van der Waals surface area contributed by atoms with Gasteiger partial charge in [0.1, 0.15) is 5.75 Å². The van der Waals surface area contributed by atoms with Crippen LogP contribution >= 0.6 is 0 Å². The fourth-order valence-corrected chi connectivity index (χ4v) is 1.64. The second-order valence-corrected chi connectivity index (χ2v) is 4.51. The number of amides is 1. The van der Waals surface area contributed by atoms with Crippen molar-refractivity contribution in [2.75, 3.05) is 40.0 Å². The summed E-state index contributed by atoms with van der Waals surface area (Å²) >= 11 is 0. The van der Waals surface area contributed by atoms with Crippen LogP contribution in [0.5, 0.6) is 5.75 Å². The number of benzene rings is 1. The van der Waals surface area contributed by atoms with E-state index in [1.165, 1.54) is 0 Å². The maximum absolute atomic E-state index is 11.5. The average Bonchev–Trinajstić information content (AvgIpc) is 2.43. The maximum Gasteiger partial charge on any atom is 0.223 e. The second-order valence-electron chi connectivity index (χ2n) is 4.51. The molecular weight excluding hydrogens is 256 g/mol. The lowest BCUT2D eigenvalue weighted by molar-refractivity contribution is -0.121. The highest BCUT2D eigenvalue weighted by molar-refractivity contribution is 5.75. The summed E-state index contributed by atoms with van der Waals surface area (Å²) in [7, 11) is 1.66. The van der Waals surface area contributed by atoms with Crippen LogP contribution in [0.4, 0.5) is 0 Å². The van der Waals surface area contributed by atoms with E-state index < -0.39 is 0 Å². The van der Waals surface area contributed by atoms with Gasteiger partial charge in [-0.15, -0.1) is 0 Å². The average molecular weight is 280 g/mol. The van der Waals surface area contributed by atoms with Gasteiger partial charge < -0.3 is 20.1 Å². The molecule has 5 nitrogen and oxygen atoms in total. The summed E-state index contributed by atoms with van der Waals surface area (Å²) in [6.45, 7) is 5.24. The van der Waals surface area contributed by atoms with Gasteiger partial charge in [-0.1, -0.05) is 12.1 Å². The molecule has 0 bridgehead atoms. The van der Waals surface area contributed by atoms with Crippen molar-refractivity contribution in [1.82, 2.24) is 10.6 Å². The van der Waals surface area contributed by atoms with Gasteiger partial charge in [-0.3, -0.25) is 4.79 Å². The summed E-state index contributed by atoms with van der Waals surface area (Å²) in [5.41, 5.74) is 1.15. The fourth-order valence-electron chi connectivity index (χ4n) is 1.64. The van der Waals surface area contributed by atoms with E-state index in [2.05, 4.69) is 10.6 Å². The van der Waals surface area contributed by atoms with E-state index >= 15 is 0 Å². The van der Waals surface area contributed by atoms with Crippen LogP contribution in [0.15, 0.2) is 24.3 Å². The van der Waals surface area contributed by atoms with E-state index in [-0.39, 0.29) is 5.91 Å². The molecule has 0 aliphatic heterocycles. The molecule has 1 aromatic rings. The molecule has 0 aliphatic rings. The Kier molecular flexibility index (Phi) is 8.42. The molecule has 1 amide bonds. The number of hydrogen-bond acceptors (Lipinski definition) is 4. The predicted octanol–water partition coefficient (Wildman–Crippen LogP) is 1.12. The highest BCUT2D eigenvalue weighted by Gasteiger charge is 2.01. The van der Waals surface area contributed by atoms with Crippen LogP contribution in [-0.4, -0.2) is 45.9 Å². The van der Waals surface area contributed by atoms with E-state index in [9.17, 15) is 4.79 Å². The van der Waals surface area contributed by atoms with Crippen LogP contribution in [0.1, 0.15) is 12.0 Å². The first-order chi connectivity index (χ1) is 9.72. The van der Waals surface area contributed by atoms with Crippen LogP contribution < -0.4 is 15.4 Å². The molecule has 0 radical (unpaired) electrons. The topological polar surface area (TPSA) is 59.6 Å². The smallest absolute Gasteiger partial charge is 0.223 e. The molecule has 0 fully saturated rings. The van der Waals surface area contributed by atoms with E-state index in [1.54, 1.807) is 7.11 Å². The second kappa shape index (κ2) is 10.2. The van der Waals surface area contributed by atoms with Crippen molar-refractivity contribution < 1.29 is 14.3 Å². The van der Waals surface area contributed by atoms with Crippen LogP contribution in [0.2, 0.25) is 0 Å². The molecule has 0 saturated carbocycles. The summed E-state index contributed by atoms with van der Waals surface area (Å²) in [5.74, 6) is 0.810. The Morgan fingerprint density at radius 2 is 2.05 bits per heavy atom. The van der Waals surface area contributed by atoms with Crippen molar-refractivity contribution in [2.24, 2.45) is 0 Å². The van der Waals surface area contributed by atoms with Gasteiger partial charge in [0, 0.05) is 26.7 Å². The molecule has 1 rings (SSSR count). The van der Waals surface area contributed by atoms with E-state index in [4.69, 9.17) is 9.47 Å². The molecular formula is C15H24N2O3. The number of carbonyl (C=O) groups excluding carboxylic acids is 1. The van der Waals surface area contributed by atoms with Crippen LogP contribution in [-0.2, 0) is 9.53 Å². The van der Waals surface area contributed by atoms with Crippen molar-refractivity contribution in [3.05, 3.63) is 29.8 Å². The fraction of sp³-hybridized carbons (Fsp3) is 0.533. The molecule has 5 heteroatoms. The van der Waals surface area contributed by atoms with Crippen molar-refractivity contribution in [3.63, 3.8) is 0 Å². The molecule has 0 spiro atoms. The predicted molar refractivity (Wildman–Crippen MR) is 79.0 cm³/mol. The minimum Gasteiger partial charge on any atom is -0.493 e. The first-order valence-corrected chi connectivity index (χ1v) is 6.88. The van der Waals surface area contributed by atoms with Gasteiger partial charge in [0.25, 0.3) is 0 Å². The normalized spacial score (nSPS) is 10.3. The number of carbonyl (C=O) groups is 1. The van der Waals surface area contributed by atoms with Gasteiger partial charge >= 0.3 is 0 Å². The lowest BCUT2D eigenvalue weighted by Gasteiger charge is -2.08. The zero-order valence-corrected chi connectivity index (χ0v) is 12.3. The van der Waals surface area contributed by atoms with Gasteiger partial charge in [-0.2, -0.15) is 0 Å². The molecule has 0 heterocycles. The monoisotopic (exact) mass is 280 g/mol. The van der Waals surface area contributed by atoms with Gasteiger partial charge in [0.2, 0.25) is 5.91 Å². The minimum atomic E-state index is 0.00574. The first-order valence-electron chi connectivity index (χ1n) is 6.88. The van der Waals surface area contributed by atoms with Gasteiger partial charge in [0.05, 0.1) is 19.6 Å².